The third-order valence-electron chi connectivity index (χ3n) is 9.33. The SMILES string of the molecule is CC(C)(C)[C@H](NC(=O)c1cc2cc(C(F)(F)P(=O)(O)O)ccc2s1)C(=O)N1CCC[C@H]1C(=O)N1CCC2(CCCCC2)C1. The van der Waals surface area contributed by atoms with E-state index in [1.165, 1.54) is 31.4 Å². The predicted octanol–water partition coefficient (Wildman–Crippen LogP) is 5.45. The van der Waals surface area contributed by atoms with Crippen LogP contribution in [0.3, 0.4) is 0 Å². The van der Waals surface area contributed by atoms with Gasteiger partial charge in [0.2, 0.25) is 11.8 Å². The predicted molar refractivity (Wildman–Crippen MR) is 160 cm³/mol. The summed E-state index contributed by atoms with van der Waals surface area (Å²) >= 11 is 1.02. The van der Waals surface area contributed by atoms with Crippen molar-refractivity contribution < 1.29 is 37.5 Å². The Labute approximate surface area is 254 Å². The molecule has 1 aromatic heterocycles. The van der Waals surface area contributed by atoms with Crippen LogP contribution in [0.5, 0.6) is 0 Å². The third kappa shape index (κ3) is 6.26. The molecule has 0 radical (unpaired) electrons. The third-order valence-corrected chi connectivity index (χ3v) is 11.4. The highest BCUT2D eigenvalue weighted by Crippen LogP contribution is 2.59. The molecular formula is C30H40F2N3O6PS. The van der Waals surface area contributed by atoms with Gasteiger partial charge in [-0.3, -0.25) is 18.9 Å². The number of fused-ring (bicyclic) bond motifs is 1. The maximum atomic E-state index is 14.3. The van der Waals surface area contributed by atoms with Crippen molar-refractivity contribution in [2.75, 3.05) is 19.6 Å². The molecule has 1 aromatic carbocycles. The number of likely N-dealkylation sites (tertiary alicyclic amines) is 2. The number of rotatable bonds is 6. The van der Waals surface area contributed by atoms with E-state index in [0.29, 0.717) is 30.6 Å². The zero-order chi connectivity index (χ0) is 31.4. The van der Waals surface area contributed by atoms with Gasteiger partial charge in [0, 0.05) is 29.9 Å². The first-order valence-electron chi connectivity index (χ1n) is 14.9. The van der Waals surface area contributed by atoms with E-state index in [1.807, 2.05) is 25.7 Å². The topological polar surface area (TPSA) is 127 Å². The van der Waals surface area contributed by atoms with Gasteiger partial charge < -0.3 is 24.9 Å². The molecule has 3 heterocycles. The van der Waals surface area contributed by atoms with Crippen molar-refractivity contribution in [1.29, 1.82) is 0 Å². The molecule has 13 heteroatoms. The lowest BCUT2D eigenvalue weighted by atomic mass is 9.73. The number of amides is 3. The number of carbonyl (C=O) groups is 3. The molecule has 0 bridgehead atoms. The smallest absolute Gasteiger partial charge is 0.340 e. The molecule has 5 rings (SSSR count). The van der Waals surface area contributed by atoms with Crippen molar-refractivity contribution in [2.24, 2.45) is 10.8 Å². The molecule has 2 aromatic rings. The minimum atomic E-state index is -5.75. The molecule has 0 unspecified atom stereocenters. The maximum absolute atomic E-state index is 14.3. The van der Waals surface area contributed by atoms with Crippen LogP contribution in [-0.2, 0) is 19.8 Å². The van der Waals surface area contributed by atoms with Crippen LogP contribution in [0.2, 0.25) is 0 Å². The molecule has 3 fully saturated rings. The molecule has 2 aliphatic heterocycles. The van der Waals surface area contributed by atoms with Gasteiger partial charge in [-0.15, -0.1) is 11.3 Å². The van der Waals surface area contributed by atoms with E-state index < -0.39 is 42.2 Å². The first-order chi connectivity index (χ1) is 20.0. The average molecular weight is 640 g/mol. The molecule has 1 aliphatic carbocycles. The van der Waals surface area contributed by atoms with Crippen LogP contribution < -0.4 is 5.32 Å². The van der Waals surface area contributed by atoms with Crippen LogP contribution in [0.4, 0.5) is 8.78 Å². The quantitative estimate of drug-likeness (QED) is 0.361. The van der Waals surface area contributed by atoms with Crippen LogP contribution in [-0.4, -0.2) is 69.0 Å². The Kier molecular flexibility index (Phi) is 8.57. The van der Waals surface area contributed by atoms with Gasteiger partial charge in [0.1, 0.15) is 12.1 Å². The van der Waals surface area contributed by atoms with Crippen molar-refractivity contribution in [2.45, 2.75) is 89.9 Å². The lowest BCUT2D eigenvalue weighted by Crippen LogP contribution is -2.57. The summed E-state index contributed by atoms with van der Waals surface area (Å²) in [4.78, 5) is 63.0. The number of carbonyl (C=O) groups excluding carboxylic acids is 3. The van der Waals surface area contributed by atoms with Gasteiger partial charge >= 0.3 is 13.3 Å². The summed E-state index contributed by atoms with van der Waals surface area (Å²) in [7, 11) is -5.75. The fraction of sp³-hybridized carbons (Fsp3) is 0.633. The molecular weight excluding hydrogens is 599 g/mol. The summed E-state index contributed by atoms with van der Waals surface area (Å²) in [5.41, 5.74) is -5.71. The summed E-state index contributed by atoms with van der Waals surface area (Å²) < 4.78 is 40.3. The number of halogens is 2. The van der Waals surface area contributed by atoms with E-state index in [0.717, 1.165) is 49.3 Å². The summed E-state index contributed by atoms with van der Waals surface area (Å²) in [5.74, 6) is -0.911. The Balaban J connectivity index is 1.32. The fourth-order valence-electron chi connectivity index (χ4n) is 6.86. The number of thiophene rings is 1. The molecule has 3 amide bonds. The largest absolute Gasteiger partial charge is 0.399 e. The second-order valence-electron chi connectivity index (χ2n) is 13.5. The fourth-order valence-corrected chi connectivity index (χ4v) is 8.28. The minimum Gasteiger partial charge on any atom is -0.340 e. The average Bonchev–Trinajstić information content (AvgIpc) is 3.68. The Bertz CT molecular complexity index is 1460. The van der Waals surface area contributed by atoms with Gasteiger partial charge in [0.25, 0.3) is 5.91 Å². The van der Waals surface area contributed by atoms with Gasteiger partial charge in [0.15, 0.2) is 0 Å². The van der Waals surface area contributed by atoms with Crippen molar-refractivity contribution in [3.8, 4) is 0 Å². The molecule has 3 N–H and O–H groups in total. The molecule has 9 nitrogen and oxygen atoms in total. The molecule has 2 saturated heterocycles. The van der Waals surface area contributed by atoms with Crippen LogP contribution >= 0.6 is 18.9 Å². The van der Waals surface area contributed by atoms with Gasteiger partial charge in [-0.25, -0.2) is 0 Å². The Morgan fingerprint density at radius 2 is 1.74 bits per heavy atom. The number of hydrogen-bond donors (Lipinski definition) is 3. The lowest BCUT2D eigenvalue weighted by Gasteiger charge is -2.37. The van der Waals surface area contributed by atoms with Crippen LogP contribution in [0.25, 0.3) is 10.1 Å². The Hall–Kier alpha value is -2.40. The standard InChI is InChI=1S/C30H40F2N3O6PS/c1-28(2,3)24(33-25(36)23-17-19-16-20(9-10-22(19)43-23)30(31,32)42(39,40)41)27(38)35-14-7-8-21(35)26(37)34-15-13-29(18-34)11-5-4-6-12-29/h9-10,16-17,21,24H,4-8,11-15,18H2,1-3H3,(H,33,36)(H2,39,40,41)/t21-,24+/m0/s1. The van der Waals surface area contributed by atoms with E-state index in [-0.39, 0.29) is 27.5 Å². The highest BCUT2D eigenvalue weighted by Gasteiger charge is 2.50. The number of alkyl halides is 2. The summed E-state index contributed by atoms with van der Waals surface area (Å²) in [6, 6.07) is 3.04. The molecule has 2 atom stereocenters. The zero-order valence-corrected chi connectivity index (χ0v) is 26.5. The number of nitrogens with zero attached hydrogens (tertiary/aromatic N) is 2. The van der Waals surface area contributed by atoms with E-state index in [1.54, 1.807) is 4.90 Å². The first kappa shape index (κ1) is 32.0. The summed E-state index contributed by atoms with van der Waals surface area (Å²) in [5, 5.41) is 3.07. The molecule has 43 heavy (non-hydrogen) atoms. The number of benzene rings is 1. The normalized spacial score (nSPS) is 21.9. The highest BCUT2D eigenvalue weighted by atomic mass is 32.1. The second-order valence-corrected chi connectivity index (χ2v) is 16.2. The summed E-state index contributed by atoms with van der Waals surface area (Å²) in [6.45, 7) is 7.38. The zero-order valence-electron chi connectivity index (χ0n) is 24.8. The van der Waals surface area contributed by atoms with Gasteiger partial charge in [-0.1, -0.05) is 46.1 Å². The van der Waals surface area contributed by atoms with Crippen LogP contribution in [0, 0.1) is 10.8 Å². The summed E-state index contributed by atoms with van der Waals surface area (Å²) in [6.07, 6.45) is 8.22. The van der Waals surface area contributed by atoms with Crippen molar-refractivity contribution >= 4 is 46.7 Å². The van der Waals surface area contributed by atoms with E-state index in [2.05, 4.69) is 5.32 Å². The van der Waals surface area contributed by atoms with Crippen LogP contribution in [0.15, 0.2) is 24.3 Å². The van der Waals surface area contributed by atoms with E-state index in [9.17, 15) is 27.7 Å². The molecule has 236 valence electrons. The van der Waals surface area contributed by atoms with E-state index >= 15 is 0 Å². The van der Waals surface area contributed by atoms with Gasteiger partial charge in [-0.05, 0) is 66.5 Å². The van der Waals surface area contributed by atoms with Crippen molar-refractivity contribution in [3.63, 3.8) is 0 Å². The molecule has 1 spiro atoms. The Morgan fingerprint density at radius 3 is 2.40 bits per heavy atom. The molecule has 3 aliphatic rings. The second kappa shape index (κ2) is 11.5. The minimum absolute atomic E-state index is 0.0142. The van der Waals surface area contributed by atoms with Crippen molar-refractivity contribution in [1.82, 2.24) is 15.1 Å². The first-order valence-corrected chi connectivity index (χ1v) is 17.3. The highest BCUT2D eigenvalue weighted by molar-refractivity contribution is 7.52. The van der Waals surface area contributed by atoms with E-state index in [4.69, 9.17) is 9.79 Å². The Morgan fingerprint density at radius 1 is 1.05 bits per heavy atom. The molecule has 1 saturated carbocycles. The van der Waals surface area contributed by atoms with Gasteiger partial charge in [0.05, 0.1) is 4.88 Å². The number of hydrogen-bond acceptors (Lipinski definition) is 5. The van der Waals surface area contributed by atoms with Gasteiger partial charge in [-0.2, -0.15) is 8.78 Å². The lowest BCUT2D eigenvalue weighted by molar-refractivity contribution is -0.146. The monoisotopic (exact) mass is 639 g/mol. The maximum Gasteiger partial charge on any atom is 0.399 e. The van der Waals surface area contributed by atoms with Crippen molar-refractivity contribution in [3.05, 3.63) is 34.7 Å². The number of nitrogens with one attached hydrogen (secondary N) is 1. The van der Waals surface area contributed by atoms with Crippen LogP contribution in [0.1, 0.15) is 87.4 Å².